The highest BCUT2D eigenvalue weighted by Gasteiger charge is 1.91. The second kappa shape index (κ2) is 10.3. The lowest BCUT2D eigenvalue weighted by Gasteiger charge is -1.96. The third kappa shape index (κ3) is 9.31. The van der Waals surface area contributed by atoms with Crippen molar-refractivity contribution in [3.8, 4) is 0 Å². The lowest BCUT2D eigenvalue weighted by Crippen LogP contribution is -1.83. The first-order valence-electron chi connectivity index (χ1n) is 4.95. The average Bonchev–Trinajstić information content (AvgIpc) is 2.10. The molecule has 0 saturated heterocycles. The summed E-state index contributed by atoms with van der Waals surface area (Å²) in [6.07, 6.45) is 9.05. The highest BCUT2D eigenvalue weighted by molar-refractivity contribution is 4.45. The van der Waals surface area contributed by atoms with Crippen molar-refractivity contribution >= 4 is 0 Å². The van der Waals surface area contributed by atoms with Gasteiger partial charge < -0.3 is 0 Å². The molecule has 1 N–H and O–H groups in total. The van der Waals surface area contributed by atoms with Gasteiger partial charge in [0.15, 0.2) is 0 Å². The molecule has 0 bridgehead atoms. The molecule has 70 valence electrons. The molecule has 0 rings (SSSR count). The molecule has 0 aliphatic rings. The van der Waals surface area contributed by atoms with Crippen molar-refractivity contribution in [1.29, 1.82) is 5.53 Å². The van der Waals surface area contributed by atoms with Crippen LogP contribution in [0.5, 0.6) is 0 Å². The predicted octanol–water partition coefficient (Wildman–Crippen LogP) is 3.29. The molecular formula is C9H20N3+. The van der Waals surface area contributed by atoms with E-state index in [1.54, 1.807) is 0 Å². The summed E-state index contributed by atoms with van der Waals surface area (Å²) >= 11 is 0. The molecule has 3 nitrogen and oxygen atoms in total. The third-order valence-corrected chi connectivity index (χ3v) is 1.93. The van der Waals surface area contributed by atoms with Crippen molar-refractivity contribution < 1.29 is 0 Å². The van der Waals surface area contributed by atoms with Crippen LogP contribution in [0, 0.1) is 5.53 Å². The van der Waals surface area contributed by atoms with Crippen LogP contribution in [0.3, 0.4) is 0 Å². The van der Waals surface area contributed by atoms with Crippen molar-refractivity contribution in [3.05, 3.63) is 0 Å². The van der Waals surface area contributed by atoms with E-state index in [1.165, 1.54) is 38.5 Å². The first-order chi connectivity index (χ1) is 5.91. The average molecular weight is 170 g/mol. The van der Waals surface area contributed by atoms with Gasteiger partial charge in [-0.1, -0.05) is 45.4 Å². The molecule has 12 heavy (non-hydrogen) atoms. The molecular weight excluding hydrogens is 150 g/mol. The molecule has 0 aliphatic heterocycles. The molecule has 0 fully saturated rings. The molecule has 0 saturated carbocycles. The van der Waals surface area contributed by atoms with E-state index in [4.69, 9.17) is 5.53 Å². The number of nitrogens with one attached hydrogen (secondary N) is 1. The second-order valence-corrected chi connectivity index (χ2v) is 3.09. The maximum absolute atomic E-state index is 6.43. The maximum Gasteiger partial charge on any atom is 0.214 e. The van der Waals surface area contributed by atoms with E-state index in [9.17, 15) is 0 Å². The Hall–Kier alpha value is -0.690. The Kier molecular flexibility index (Phi) is 9.72. The number of hydrogen-bond donors (Lipinski definition) is 1. The van der Waals surface area contributed by atoms with Crippen molar-refractivity contribution in [2.45, 2.75) is 51.9 Å². The topological polar surface area (TPSA) is 50.3 Å². The second-order valence-electron chi connectivity index (χ2n) is 3.09. The molecule has 0 spiro atoms. The summed E-state index contributed by atoms with van der Waals surface area (Å²) in [6.45, 7) is 2.96. The van der Waals surface area contributed by atoms with Gasteiger partial charge in [0.1, 0.15) is 17.2 Å². The van der Waals surface area contributed by atoms with Gasteiger partial charge >= 0.3 is 0 Å². The quantitative estimate of drug-likeness (QED) is 0.330. The van der Waals surface area contributed by atoms with Gasteiger partial charge in [0.2, 0.25) is 4.91 Å². The molecule has 0 aromatic carbocycles. The Morgan fingerprint density at radius 3 is 2.17 bits per heavy atom. The molecule has 0 heterocycles. The summed E-state index contributed by atoms with van der Waals surface area (Å²) in [4.78, 5) is 2.96. The van der Waals surface area contributed by atoms with Crippen LogP contribution in [-0.4, -0.2) is 6.54 Å². The Labute approximate surface area is 74.8 Å². The van der Waals surface area contributed by atoms with E-state index in [1.807, 2.05) is 0 Å². The fourth-order valence-corrected chi connectivity index (χ4v) is 1.19. The predicted molar refractivity (Wildman–Crippen MR) is 50.1 cm³/mol. The van der Waals surface area contributed by atoms with E-state index in [-0.39, 0.29) is 0 Å². The van der Waals surface area contributed by atoms with Crippen molar-refractivity contribution in [3.63, 3.8) is 0 Å². The molecule has 0 radical (unpaired) electrons. The van der Waals surface area contributed by atoms with Crippen LogP contribution in [-0.2, 0) is 0 Å². The van der Waals surface area contributed by atoms with E-state index >= 15 is 0 Å². The normalized spacial score (nSPS) is 9.42. The van der Waals surface area contributed by atoms with Gasteiger partial charge in [0.05, 0.1) is 0 Å². The smallest absolute Gasteiger partial charge is 0.0654 e. The summed E-state index contributed by atoms with van der Waals surface area (Å²) in [5.41, 5.74) is 6.43. The standard InChI is InChI=1S/C9H20N3/c1-2-3-4-5-6-7-8-9-11-12-10/h10H,2-9H2,1H3/q+1. The van der Waals surface area contributed by atoms with Gasteiger partial charge in [-0.2, -0.15) is 0 Å². The van der Waals surface area contributed by atoms with Crippen LogP contribution in [0.4, 0.5) is 0 Å². The first kappa shape index (κ1) is 11.3. The Morgan fingerprint density at radius 2 is 1.58 bits per heavy atom. The van der Waals surface area contributed by atoms with Crippen LogP contribution < -0.4 is 4.91 Å². The number of rotatable bonds is 8. The summed E-state index contributed by atoms with van der Waals surface area (Å²) in [6, 6.07) is 0. The zero-order valence-electron chi connectivity index (χ0n) is 8.05. The van der Waals surface area contributed by atoms with E-state index in [2.05, 4.69) is 16.9 Å². The highest BCUT2D eigenvalue weighted by atomic mass is 15.1. The van der Waals surface area contributed by atoms with Gasteiger partial charge in [-0.25, -0.2) is 0 Å². The minimum atomic E-state index is 0.733. The molecule has 0 amide bonds. The van der Waals surface area contributed by atoms with Crippen molar-refractivity contribution in [2.24, 2.45) is 5.11 Å². The van der Waals surface area contributed by atoms with Gasteiger partial charge in [-0.15, -0.1) is 0 Å². The lowest BCUT2D eigenvalue weighted by molar-refractivity contribution is 0.588. The SMILES string of the molecule is CCCCCCCCCN=[N+]=N. The van der Waals surface area contributed by atoms with Crippen LogP contribution in [0.1, 0.15) is 51.9 Å². The minimum Gasteiger partial charge on any atom is -0.0654 e. The van der Waals surface area contributed by atoms with E-state index in [0.717, 1.165) is 13.0 Å². The minimum absolute atomic E-state index is 0.733. The molecule has 0 atom stereocenters. The van der Waals surface area contributed by atoms with Gasteiger partial charge in [0, 0.05) is 0 Å². The Bertz CT molecular complexity index is 128. The summed E-state index contributed by atoms with van der Waals surface area (Å²) in [5.74, 6) is 0. The Morgan fingerprint density at radius 1 is 1.00 bits per heavy atom. The molecule has 0 aromatic rings. The number of nitrogens with zero attached hydrogens (tertiary/aromatic N) is 2. The van der Waals surface area contributed by atoms with E-state index in [0.29, 0.717) is 0 Å². The monoisotopic (exact) mass is 170 g/mol. The summed E-state index contributed by atoms with van der Waals surface area (Å²) in [5, 5.41) is 3.60. The highest BCUT2D eigenvalue weighted by Crippen LogP contribution is 2.06. The van der Waals surface area contributed by atoms with Crippen molar-refractivity contribution in [1.82, 2.24) is 4.91 Å². The van der Waals surface area contributed by atoms with Gasteiger partial charge in [-0.3, -0.25) is 0 Å². The number of hydrogen-bond acceptors (Lipinski definition) is 2. The molecule has 0 aromatic heterocycles. The van der Waals surface area contributed by atoms with Crippen LogP contribution in [0.25, 0.3) is 0 Å². The van der Waals surface area contributed by atoms with Crippen LogP contribution in [0.2, 0.25) is 0 Å². The fraction of sp³-hybridized carbons (Fsp3) is 1.00. The molecule has 0 aliphatic carbocycles. The fourth-order valence-electron chi connectivity index (χ4n) is 1.19. The maximum atomic E-state index is 6.43. The summed E-state index contributed by atoms with van der Waals surface area (Å²) in [7, 11) is 0. The van der Waals surface area contributed by atoms with Gasteiger partial charge in [-0.05, 0) is 6.42 Å². The van der Waals surface area contributed by atoms with Crippen LogP contribution >= 0.6 is 0 Å². The third-order valence-electron chi connectivity index (χ3n) is 1.93. The number of unbranched alkanes of at least 4 members (excludes halogenated alkanes) is 6. The van der Waals surface area contributed by atoms with Gasteiger partial charge in [0.25, 0.3) is 0 Å². The largest absolute Gasteiger partial charge is 0.214 e. The molecule has 3 heteroatoms. The summed E-state index contributed by atoms with van der Waals surface area (Å²) < 4.78 is 0. The lowest BCUT2D eigenvalue weighted by atomic mass is 10.1. The Balaban J connectivity index is 2.86. The molecule has 0 unspecified atom stereocenters. The zero-order chi connectivity index (χ0) is 9.07. The van der Waals surface area contributed by atoms with Crippen LogP contribution in [0.15, 0.2) is 5.11 Å². The van der Waals surface area contributed by atoms with E-state index < -0.39 is 0 Å². The van der Waals surface area contributed by atoms with Crippen molar-refractivity contribution in [2.75, 3.05) is 6.54 Å². The zero-order valence-corrected chi connectivity index (χ0v) is 8.05. The first-order valence-corrected chi connectivity index (χ1v) is 4.95.